The quantitative estimate of drug-likeness (QED) is 0.380. The van der Waals surface area contributed by atoms with Crippen molar-refractivity contribution in [2.24, 2.45) is 16.9 Å². The van der Waals surface area contributed by atoms with E-state index in [2.05, 4.69) is 28.0 Å². The van der Waals surface area contributed by atoms with Gasteiger partial charge in [-0.15, -0.1) is 0 Å². The second-order valence-electron chi connectivity index (χ2n) is 5.73. The van der Waals surface area contributed by atoms with Gasteiger partial charge in [0.05, 0.1) is 12.8 Å². The fourth-order valence-electron chi connectivity index (χ4n) is 3.13. The van der Waals surface area contributed by atoms with Crippen molar-refractivity contribution >= 4 is 23.5 Å². The molecule has 0 unspecified atom stereocenters. The van der Waals surface area contributed by atoms with Crippen molar-refractivity contribution in [2.75, 3.05) is 6.61 Å². The maximum Gasteiger partial charge on any atom is 0.187 e. The van der Waals surface area contributed by atoms with Gasteiger partial charge in [-0.2, -0.15) is 5.10 Å². The molecule has 0 saturated heterocycles. The highest BCUT2D eigenvalue weighted by molar-refractivity contribution is 7.80. The highest BCUT2D eigenvalue weighted by Crippen LogP contribution is 2.38. The van der Waals surface area contributed by atoms with E-state index >= 15 is 0 Å². The number of thiocarbonyl (C=S) groups is 1. The lowest BCUT2D eigenvalue weighted by atomic mass is 10.0. The Balaban J connectivity index is 1.45. The Hall–Kier alpha value is -1.88. The molecule has 5 heteroatoms. The molecule has 2 aliphatic rings. The molecule has 0 heterocycles. The SMILES string of the molecule is CCOc1ccc(/C=N\NC(=S)N[C@@H]2C[C@H]3C=C[C@H]2C3)cc1. The van der Waals surface area contributed by atoms with E-state index < -0.39 is 0 Å². The molecule has 3 rings (SSSR count). The van der Waals surface area contributed by atoms with Gasteiger partial charge >= 0.3 is 0 Å². The van der Waals surface area contributed by atoms with Gasteiger partial charge in [0.1, 0.15) is 5.75 Å². The summed E-state index contributed by atoms with van der Waals surface area (Å²) in [4.78, 5) is 0. The average molecular weight is 315 g/mol. The topological polar surface area (TPSA) is 45.6 Å². The van der Waals surface area contributed by atoms with Crippen molar-refractivity contribution in [2.45, 2.75) is 25.8 Å². The van der Waals surface area contributed by atoms with Crippen LogP contribution in [-0.2, 0) is 0 Å². The lowest BCUT2D eigenvalue weighted by molar-refractivity contribution is 0.340. The molecule has 0 radical (unpaired) electrons. The van der Waals surface area contributed by atoms with Crippen LogP contribution in [0.5, 0.6) is 5.75 Å². The summed E-state index contributed by atoms with van der Waals surface area (Å²) in [6.07, 6.45) is 8.81. The second-order valence-corrected chi connectivity index (χ2v) is 6.14. The van der Waals surface area contributed by atoms with Crippen LogP contribution in [0.2, 0.25) is 0 Å². The van der Waals surface area contributed by atoms with Gasteiger partial charge in [0, 0.05) is 6.04 Å². The Kier molecular flexibility index (Phi) is 4.73. The molecule has 2 aliphatic carbocycles. The first-order valence-corrected chi connectivity index (χ1v) is 8.16. The number of ether oxygens (including phenoxy) is 1. The highest BCUT2D eigenvalue weighted by Gasteiger charge is 2.35. The van der Waals surface area contributed by atoms with Crippen molar-refractivity contribution in [3.63, 3.8) is 0 Å². The van der Waals surface area contributed by atoms with Crippen molar-refractivity contribution < 1.29 is 4.74 Å². The average Bonchev–Trinajstić information content (AvgIpc) is 3.12. The van der Waals surface area contributed by atoms with E-state index in [0.29, 0.717) is 23.7 Å². The summed E-state index contributed by atoms with van der Waals surface area (Å²) in [5.41, 5.74) is 3.89. The number of hydrogen-bond acceptors (Lipinski definition) is 3. The minimum absolute atomic E-state index is 0.454. The first kappa shape index (κ1) is 15.0. The third-order valence-electron chi connectivity index (χ3n) is 4.17. The van der Waals surface area contributed by atoms with Crippen molar-refractivity contribution in [1.82, 2.24) is 10.7 Å². The normalized spacial score (nSPS) is 25.6. The van der Waals surface area contributed by atoms with Crippen LogP contribution in [0.1, 0.15) is 25.3 Å². The minimum Gasteiger partial charge on any atom is -0.494 e. The number of hydrazone groups is 1. The fraction of sp³-hybridized carbons (Fsp3) is 0.412. The van der Waals surface area contributed by atoms with E-state index in [9.17, 15) is 0 Å². The molecular weight excluding hydrogens is 294 g/mol. The van der Waals surface area contributed by atoms with Crippen LogP contribution >= 0.6 is 12.2 Å². The number of nitrogens with zero attached hydrogens (tertiary/aromatic N) is 1. The summed E-state index contributed by atoms with van der Waals surface area (Å²) in [6, 6.07) is 8.25. The lowest BCUT2D eigenvalue weighted by Gasteiger charge is -2.20. The van der Waals surface area contributed by atoms with Crippen LogP contribution in [-0.4, -0.2) is 24.0 Å². The zero-order valence-electron chi connectivity index (χ0n) is 12.7. The number of benzene rings is 1. The monoisotopic (exact) mass is 315 g/mol. The number of nitrogens with one attached hydrogen (secondary N) is 2. The van der Waals surface area contributed by atoms with Gasteiger partial charge < -0.3 is 10.1 Å². The molecule has 2 N–H and O–H groups in total. The maximum atomic E-state index is 5.41. The Morgan fingerprint density at radius 3 is 2.77 bits per heavy atom. The van der Waals surface area contributed by atoms with Crippen LogP contribution < -0.4 is 15.5 Å². The van der Waals surface area contributed by atoms with E-state index in [1.54, 1.807) is 6.21 Å². The van der Waals surface area contributed by atoms with E-state index in [4.69, 9.17) is 17.0 Å². The van der Waals surface area contributed by atoms with Crippen LogP contribution in [0, 0.1) is 11.8 Å². The molecule has 0 amide bonds. The molecular formula is C17H21N3OS. The predicted octanol–water partition coefficient (Wildman–Crippen LogP) is 2.85. The molecule has 1 saturated carbocycles. The van der Waals surface area contributed by atoms with Gasteiger partial charge in [0.2, 0.25) is 0 Å². The first-order chi connectivity index (χ1) is 10.7. The fourth-order valence-corrected chi connectivity index (χ4v) is 3.33. The first-order valence-electron chi connectivity index (χ1n) is 7.75. The molecule has 2 bridgehead atoms. The molecule has 0 aliphatic heterocycles. The van der Waals surface area contributed by atoms with E-state index in [0.717, 1.165) is 17.2 Å². The van der Waals surface area contributed by atoms with Crippen LogP contribution in [0.4, 0.5) is 0 Å². The number of allylic oxidation sites excluding steroid dienone is 1. The Bertz CT molecular complexity index is 582. The molecule has 1 aromatic rings. The van der Waals surface area contributed by atoms with Crippen LogP contribution in [0.25, 0.3) is 0 Å². The highest BCUT2D eigenvalue weighted by atomic mass is 32.1. The van der Waals surface area contributed by atoms with Crippen LogP contribution in [0.3, 0.4) is 0 Å². The summed E-state index contributed by atoms with van der Waals surface area (Å²) < 4.78 is 5.41. The summed E-state index contributed by atoms with van der Waals surface area (Å²) in [7, 11) is 0. The number of rotatable bonds is 5. The zero-order valence-corrected chi connectivity index (χ0v) is 13.5. The number of hydrogen-bond donors (Lipinski definition) is 2. The molecule has 4 nitrogen and oxygen atoms in total. The van der Waals surface area contributed by atoms with Crippen molar-refractivity contribution in [3.05, 3.63) is 42.0 Å². The summed E-state index contributed by atoms with van der Waals surface area (Å²) in [5, 5.41) is 8.13. The van der Waals surface area contributed by atoms with Gasteiger partial charge in [0.25, 0.3) is 0 Å². The molecule has 0 aromatic heterocycles. The van der Waals surface area contributed by atoms with E-state index in [1.807, 2.05) is 31.2 Å². The lowest BCUT2D eigenvalue weighted by Crippen LogP contribution is -2.42. The van der Waals surface area contributed by atoms with Crippen molar-refractivity contribution in [1.29, 1.82) is 0 Å². The van der Waals surface area contributed by atoms with Crippen LogP contribution in [0.15, 0.2) is 41.5 Å². The number of fused-ring (bicyclic) bond motifs is 2. The standard InChI is InChI=1S/C17H21N3OS/c1-2-21-15-7-4-12(5-8-15)11-18-20-17(22)19-16-10-13-3-6-14(16)9-13/h3-8,11,13-14,16H,2,9-10H2,1H3,(H2,19,20,22)/b18-11-/t13-,14-,16+/m0/s1. The van der Waals surface area contributed by atoms with Gasteiger partial charge in [-0.1, -0.05) is 12.2 Å². The zero-order chi connectivity index (χ0) is 15.4. The summed E-state index contributed by atoms with van der Waals surface area (Å²) >= 11 is 5.30. The largest absolute Gasteiger partial charge is 0.494 e. The smallest absolute Gasteiger partial charge is 0.187 e. The third-order valence-corrected chi connectivity index (χ3v) is 4.38. The minimum atomic E-state index is 0.454. The molecule has 0 spiro atoms. The molecule has 22 heavy (non-hydrogen) atoms. The van der Waals surface area contributed by atoms with Gasteiger partial charge in [0.15, 0.2) is 5.11 Å². The van der Waals surface area contributed by atoms with Crippen molar-refractivity contribution in [3.8, 4) is 5.75 Å². The second kappa shape index (κ2) is 6.92. The Labute approximate surface area is 136 Å². The summed E-state index contributed by atoms with van der Waals surface area (Å²) in [6.45, 7) is 2.65. The van der Waals surface area contributed by atoms with Gasteiger partial charge in [-0.3, -0.25) is 5.43 Å². The molecule has 116 valence electrons. The molecule has 1 fully saturated rings. The Morgan fingerprint density at radius 2 is 2.14 bits per heavy atom. The summed E-state index contributed by atoms with van der Waals surface area (Å²) in [5.74, 6) is 2.23. The van der Waals surface area contributed by atoms with Gasteiger partial charge in [-0.05, 0) is 73.6 Å². The van der Waals surface area contributed by atoms with E-state index in [-0.39, 0.29) is 0 Å². The Morgan fingerprint density at radius 1 is 1.32 bits per heavy atom. The molecule has 1 aromatic carbocycles. The predicted molar refractivity (Wildman–Crippen MR) is 93.2 cm³/mol. The van der Waals surface area contributed by atoms with Gasteiger partial charge in [-0.25, -0.2) is 0 Å². The molecule has 3 atom stereocenters. The third kappa shape index (κ3) is 3.65. The maximum absolute atomic E-state index is 5.41. The van der Waals surface area contributed by atoms with E-state index in [1.165, 1.54) is 12.8 Å².